The Kier molecular flexibility index (Phi) is 9.73. The number of benzene rings is 2. The monoisotopic (exact) mass is 516 g/mol. The van der Waals surface area contributed by atoms with Gasteiger partial charge in [-0.1, -0.05) is 48.5 Å². The van der Waals surface area contributed by atoms with Gasteiger partial charge in [0.15, 0.2) is 10.2 Å². The first-order chi connectivity index (χ1) is 17.4. The minimum Gasteiger partial charge on any atom is -0.354 e. The molecule has 0 bridgehead atoms. The molecule has 0 spiro atoms. The van der Waals surface area contributed by atoms with E-state index in [0.29, 0.717) is 10.2 Å². The Morgan fingerprint density at radius 3 is 1.44 bits per heavy atom. The molecule has 8 nitrogen and oxygen atoms in total. The summed E-state index contributed by atoms with van der Waals surface area (Å²) in [6, 6.07) is 20.1. The lowest BCUT2D eigenvalue weighted by atomic mass is 10.1. The third-order valence-corrected chi connectivity index (χ3v) is 5.83. The number of hydrogen-bond donors (Lipinski definition) is 2. The van der Waals surface area contributed by atoms with Crippen LogP contribution in [0.3, 0.4) is 0 Å². The van der Waals surface area contributed by atoms with Gasteiger partial charge < -0.3 is 9.80 Å². The molecule has 0 saturated carbocycles. The number of hydrogen-bond acceptors (Lipinski definition) is 6. The van der Waals surface area contributed by atoms with Crippen molar-refractivity contribution in [2.75, 3.05) is 28.2 Å². The number of thiocarbonyl (C=S) groups is 2. The molecule has 0 amide bonds. The zero-order valence-electron chi connectivity index (χ0n) is 20.6. The van der Waals surface area contributed by atoms with Crippen molar-refractivity contribution < 1.29 is 0 Å². The molecule has 2 aromatic heterocycles. The Balaban J connectivity index is 0.000000201. The Morgan fingerprint density at radius 1 is 0.667 bits per heavy atom. The van der Waals surface area contributed by atoms with Crippen LogP contribution in [0.5, 0.6) is 0 Å². The van der Waals surface area contributed by atoms with Crippen LogP contribution in [0.1, 0.15) is 11.4 Å². The predicted octanol–water partition coefficient (Wildman–Crippen LogP) is 4.01. The number of pyridine rings is 2. The molecular formula is C26H28N8S2. The van der Waals surface area contributed by atoms with Crippen molar-refractivity contribution in [1.82, 2.24) is 30.6 Å². The van der Waals surface area contributed by atoms with E-state index in [2.05, 4.69) is 31.0 Å². The largest absolute Gasteiger partial charge is 0.354 e. The Morgan fingerprint density at radius 2 is 1.06 bits per heavy atom. The van der Waals surface area contributed by atoms with Gasteiger partial charge in [0.2, 0.25) is 0 Å². The van der Waals surface area contributed by atoms with Gasteiger partial charge in [-0.15, -0.1) is 0 Å². The van der Waals surface area contributed by atoms with Crippen LogP contribution in [0, 0.1) is 0 Å². The van der Waals surface area contributed by atoms with Gasteiger partial charge >= 0.3 is 0 Å². The molecule has 10 heteroatoms. The van der Waals surface area contributed by atoms with Crippen LogP contribution in [-0.4, -0.2) is 70.6 Å². The average molecular weight is 517 g/mol. The van der Waals surface area contributed by atoms with Crippen LogP contribution in [-0.2, 0) is 0 Å². The first-order valence-corrected chi connectivity index (χ1v) is 11.9. The van der Waals surface area contributed by atoms with Crippen LogP contribution in [0.25, 0.3) is 21.5 Å². The molecule has 0 aliphatic heterocycles. The fourth-order valence-corrected chi connectivity index (χ4v) is 3.09. The number of hydrazone groups is 2. The number of nitrogens with zero attached hydrogens (tertiary/aromatic N) is 6. The molecular weight excluding hydrogens is 488 g/mol. The van der Waals surface area contributed by atoms with Crippen LogP contribution in [0.2, 0.25) is 0 Å². The summed E-state index contributed by atoms with van der Waals surface area (Å²) in [6.07, 6.45) is 6.90. The van der Waals surface area contributed by atoms with E-state index < -0.39 is 0 Å². The second-order valence-electron chi connectivity index (χ2n) is 7.97. The van der Waals surface area contributed by atoms with E-state index in [1.165, 1.54) is 0 Å². The van der Waals surface area contributed by atoms with E-state index in [9.17, 15) is 0 Å². The average Bonchev–Trinajstić information content (AvgIpc) is 2.89. The standard InChI is InChI=1S/2C13H14N4S/c2*1-17(2)13(18)16-15-9-12-11-6-4-3-5-10(11)7-8-14-12/h2*3-9H,1-2H3,(H,16,18)/b15-9+;15-9-. The van der Waals surface area contributed by atoms with Gasteiger partial charge in [0.25, 0.3) is 0 Å². The zero-order valence-corrected chi connectivity index (χ0v) is 22.2. The van der Waals surface area contributed by atoms with Gasteiger partial charge in [0, 0.05) is 51.4 Å². The fraction of sp³-hybridized carbons (Fsp3) is 0.154. The van der Waals surface area contributed by atoms with Crippen LogP contribution < -0.4 is 10.9 Å². The van der Waals surface area contributed by atoms with Crippen molar-refractivity contribution in [3.63, 3.8) is 0 Å². The molecule has 2 aromatic carbocycles. The minimum absolute atomic E-state index is 0.562. The summed E-state index contributed by atoms with van der Waals surface area (Å²) in [6.45, 7) is 0. The van der Waals surface area contributed by atoms with Gasteiger partial charge in [0.1, 0.15) is 0 Å². The number of rotatable bonds is 4. The van der Waals surface area contributed by atoms with Gasteiger partial charge in [-0.2, -0.15) is 10.2 Å². The van der Waals surface area contributed by atoms with E-state index >= 15 is 0 Å². The number of fused-ring (bicyclic) bond motifs is 2. The maximum Gasteiger partial charge on any atom is 0.189 e. The third kappa shape index (κ3) is 7.49. The van der Waals surface area contributed by atoms with E-state index in [4.69, 9.17) is 24.4 Å². The molecule has 0 atom stereocenters. The molecule has 2 heterocycles. The molecule has 36 heavy (non-hydrogen) atoms. The molecule has 0 aliphatic carbocycles. The highest BCUT2D eigenvalue weighted by Gasteiger charge is 2.00. The highest BCUT2D eigenvalue weighted by Crippen LogP contribution is 2.15. The molecule has 0 unspecified atom stereocenters. The second-order valence-corrected chi connectivity index (χ2v) is 8.75. The van der Waals surface area contributed by atoms with E-state index in [1.54, 1.807) is 34.6 Å². The fourth-order valence-electron chi connectivity index (χ4n) is 2.99. The van der Waals surface area contributed by atoms with Gasteiger partial charge in [-0.05, 0) is 47.3 Å². The summed E-state index contributed by atoms with van der Waals surface area (Å²) in [5.74, 6) is 0. The second kappa shape index (κ2) is 13.2. The van der Waals surface area contributed by atoms with Gasteiger partial charge in [-0.25, -0.2) is 0 Å². The Hall–Kier alpha value is -4.02. The molecule has 0 aliphatic rings. The maximum absolute atomic E-state index is 5.07. The van der Waals surface area contributed by atoms with Crippen molar-refractivity contribution in [3.05, 3.63) is 84.4 Å². The number of aromatic nitrogens is 2. The third-order valence-electron chi connectivity index (χ3n) is 4.92. The first kappa shape index (κ1) is 26.6. The Bertz CT molecular complexity index is 1280. The van der Waals surface area contributed by atoms with E-state index in [0.717, 1.165) is 32.9 Å². The number of nitrogens with one attached hydrogen (secondary N) is 2. The van der Waals surface area contributed by atoms with E-state index in [1.807, 2.05) is 88.9 Å². The van der Waals surface area contributed by atoms with Crippen molar-refractivity contribution in [1.29, 1.82) is 0 Å². The van der Waals surface area contributed by atoms with Gasteiger partial charge in [-0.3, -0.25) is 20.8 Å². The van der Waals surface area contributed by atoms with Crippen molar-refractivity contribution in [2.45, 2.75) is 0 Å². The summed E-state index contributed by atoms with van der Waals surface area (Å²) in [5.41, 5.74) is 7.21. The molecule has 184 valence electrons. The molecule has 0 radical (unpaired) electrons. The summed E-state index contributed by atoms with van der Waals surface area (Å²) in [5, 5.41) is 13.7. The maximum atomic E-state index is 5.07. The van der Waals surface area contributed by atoms with Crippen molar-refractivity contribution in [2.24, 2.45) is 10.2 Å². The summed E-state index contributed by atoms with van der Waals surface area (Å²) >= 11 is 10.1. The van der Waals surface area contributed by atoms with Crippen molar-refractivity contribution >= 4 is 68.6 Å². The highest BCUT2D eigenvalue weighted by atomic mass is 32.1. The van der Waals surface area contributed by atoms with Crippen molar-refractivity contribution in [3.8, 4) is 0 Å². The predicted molar refractivity (Wildman–Crippen MR) is 158 cm³/mol. The summed E-state index contributed by atoms with van der Waals surface area (Å²) in [7, 11) is 7.45. The lowest BCUT2D eigenvalue weighted by molar-refractivity contribution is 0.606. The topological polar surface area (TPSA) is 81.0 Å². The zero-order chi connectivity index (χ0) is 25.9. The Labute approximate surface area is 221 Å². The first-order valence-electron chi connectivity index (χ1n) is 11.0. The smallest absolute Gasteiger partial charge is 0.189 e. The molecule has 4 aromatic rings. The van der Waals surface area contributed by atoms with Crippen LogP contribution in [0.15, 0.2) is 83.3 Å². The molecule has 0 fully saturated rings. The molecule has 0 saturated heterocycles. The highest BCUT2D eigenvalue weighted by molar-refractivity contribution is 7.80. The minimum atomic E-state index is 0.562. The molecule has 4 rings (SSSR count). The SMILES string of the molecule is CN(C)C(=S)N/N=C/c1nccc2ccccc12.CN(C)C(=S)N/N=C\c1nccc2ccccc12. The van der Waals surface area contributed by atoms with Crippen LogP contribution >= 0.6 is 24.4 Å². The van der Waals surface area contributed by atoms with Crippen LogP contribution in [0.4, 0.5) is 0 Å². The quantitative estimate of drug-likeness (QED) is 0.239. The molecule has 2 N–H and O–H groups in total. The lowest BCUT2D eigenvalue weighted by Gasteiger charge is -2.11. The summed E-state index contributed by atoms with van der Waals surface area (Å²) in [4.78, 5) is 12.2. The summed E-state index contributed by atoms with van der Waals surface area (Å²) < 4.78 is 0. The van der Waals surface area contributed by atoms with E-state index in [-0.39, 0.29) is 0 Å². The van der Waals surface area contributed by atoms with Gasteiger partial charge in [0.05, 0.1) is 23.8 Å². The lowest BCUT2D eigenvalue weighted by Crippen LogP contribution is -2.30. The normalized spacial score (nSPS) is 10.8.